The molecule has 1 amide bonds. The summed E-state index contributed by atoms with van der Waals surface area (Å²) in [6.45, 7) is 4.05. The Morgan fingerprint density at radius 1 is 1.32 bits per heavy atom. The second kappa shape index (κ2) is 6.32. The second-order valence-corrected chi connectivity index (χ2v) is 5.71. The van der Waals surface area contributed by atoms with Crippen LogP contribution in [0.3, 0.4) is 0 Å². The number of likely N-dealkylation sites (tertiary alicyclic amines) is 1. The first-order valence-electron chi connectivity index (χ1n) is 7.77. The zero-order valence-electron chi connectivity index (χ0n) is 12.8. The Kier molecular flexibility index (Phi) is 4.24. The first kappa shape index (κ1) is 14.8. The molecule has 2 heterocycles. The molecular formula is C17H21N3O2. The summed E-state index contributed by atoms with van der Waals surface area (Å²) in [4.78, 5) is 14.2. The predicted molar refractivity (Wildman–Crippen MR) is 84.5 cm³/mol. The van der Waals surface area contributed by atoms with Crippen molar-refractivity contribution in [1.29, 1.82) is 0 Å². The SMILES string of the molecule is CCn1cc(-c2ccc(C(=O)N3CCC[C@H](O)C3)cc2)cn1. The fourth-order valence-electron chi connectivity index (χ4n) is 2.81. The van der Waals surface area contributed by atoms with Crippen LogP contribution in [0.5, 0.6) is 0 Å². The van der Waals surface area contributed by atoms with Gasteiger partial charge in [-0.05, 0) is 37.5 Å². The Morgan fingerprint density at radius 3 is 2.73 bits per heavy atom. The summed E-state index contributed by atoms with van der Waals surface area (Å²) in [7, 11) is 0. The minimum atomic E-state index is -0.392. The van der Waals surface area contributed by atoms with E-state index in [9.17, 15) is 9.90 Å². The highest BCUT2D eigenvalue weighted by Crippen LogP contribution is 2.20. The number of aromatic nitrogens is 2. The molecule has 5 heteroatoms. The van der Waals surface area contributed by atoms with Gasteiger partial charge in [0.25, 0.3) is 5.91 Å². The first-order chi connectivity index (χ1) is 10.7. The van der Waals surface area contributed by atoms with E-state index in [2.05, 4.69) is 5.10 Å². The third kappa shape index (κ3) is 3.04. The normalized spacial score (nSPS) is 18.5. The summed E-state index contributed by atoms with van der Waals surface area (Å²) < 4.78 is 1.88. The van der Waals surface area contributed by atoms with Gasteiger partial charge < -0.3 is 10.0 Å². The molecule has 1 fully saturated rings. The van der Waals surface area contributed by atoms with Crippen LogP contribution in [0.1, 0.15) is 30.1 Å². The van der Waals surface area contributed by atoms with Gasteiger partial charge in [-0.2, -0.15) is 5.10 Å². The number of hydrogen-bond acceptors (Lipinski definition) is 3. The number of nitrogens with zero attached hydrogens (tertiary/aromatic N) is 3. The maximum absolute atomic E-state index is 12.4. The summed E-state index contributed by atoms with van der Waals surface area (Å²) in [5.74, 6) is -0.00504. The molecule has 0 spiro atoms. The lowest BCUT2D eigenvalue weighted by atomic mass is 10.0. The zero-order valence-corrected chi connectivity index (χ0v) is 12.8. The quantitative estimate of drug-likeness (QED) is 0.945. The molecule has 3 rings (SSSR count). The molecule has 1 aliphatic rings. The number of benzene rings is 1. The molecule has 0 radical (unpaired) electrons. The summed E-state index contributed by atoms with van der Waals surface area (Å²) in [5, 5.41) is 14.0. The van der Waals surface area contributed by atoms with E-state index in [4.69, 9.17) is 0 Å². The minimum Gasteiger partial charge on any atom is -0.391 e. The van der Waals surface area contributed by atoms with Crippen molar-refractivity contribution in [3.8, 4) is 11.1 Å². The van der Waals surface area contributed by atoms with Crippen LogP contribution in [0.2, 0.25) is 0 Å². The van der Waals surface area contributed by atoms with Gasteiger partial charge in [-0.25, -0.2) is 0 Å². The maximum Gasteiger partial charge on any atom is 0.253 e. The minimum absolute atomic E-state index is 0.00504. The number of carbonyl (C=O) groups is 1. The molecule has 0 bridgehead atoms. The molecule has 0 saturated carbocycles. The van der Waals surface area contributed by atoms with Gasteiger partial charge in [-0.1, -0.05) is 12.1 Å². The Hall–Kier alpha value is -2.14. The Morgan fingerprint density at radius 2 is 2.09 bits per heavy atom. The van der Waals surface area contributed by atoms with Gasteiger partial charge in [0, 0.05) is 37.0 Å². The number of piperidine rings is 1. The van der Waals surface area contributed by atoms with E-state index in [1.165, 1.54) is 0 Å². The number of aliphatic hydroxyl groups is 1. The largest absolute Gasteiger partial charge is 0.391 e. The predicted octanol–water partition coefficient (Wildman–Crippen LogP) is 2.17. The molecule has 1 aromatic heterocycles. The third-order valence-electron chi connectivity index (χ3n) is 4.11. The maximum atomic E-state index is 12.4. The number of aryl methyl sites for hydroxylation is 1. The van der Waals surface area contributed by atoms with Gasteiger partial charge in [0.05, 0.1) is 12.3 Å². The van der Waals surface area contributed by atoms with Gasteiger partial charge in [-0.15, -0.1) is 0 Å². The van der Waals surface area contributed by atoms with Crippen molar-refractivity contribution in [2.24, 2.45) is 0 Å². The fraction of sp³-hybridized carbons (Fsp3) is 0.412. The number of rotatable bonds is 3. The summed E-state index contributed by atoms with van der Waals surface area (Å²) in [5.41, 5.74) is 2.77. The highest BCUT2D eigenvalue weighted by molar-refractivity contribution is 5.94. The van der Waals surface area contributed by atoms with E-state index in [0.717, 1.165) is 37.1 Å². The van der Waals surface area contributed by atoms with E-state index in [1.54, 1.807) is 4.90 Å². The molecule has 5 nitrogen and oxygen atoms in total. The lowest BCUT2D eigenvalue weighted by Gasteiger charge is -2.30. The number of aliphatic hydroxyl groups excluding tert-OH is 1. The highest BCUT2D eigenvalue weighted by Gasteiger charge is 2.22. The summed E-state index contributed by atoms with van der Waals surface area (Å²) in [6, 6.07) is 7.60. The Labute approximate surface area is 130 Å². The number of β-amino-alcohol motifs (C(OH)–C–C–N with tert-alkyl or cyclic N) is 1. The number of hydrogen-bond donors (Lipinski definition) is 1. The van der Waals surface area contributed by atoms with Crippen molar-refractivity contribution in [2.75, 3.05) is 13.1 Å². The smallest absolute Gasteiger partial charge is 0.253 e. The molecule has 1 aliphatic heterocycles. The van der Waals surface area contributed by atoms with Crippen molar-refractivity contribution in [1.82, 2.24) is 14.7 Å². The van der Waals surface area contributed by atoms with Crippen molar-refractivity contribution < 1.29 is 9.90 Å². The second-order valence-electron chi connectivity index (χ2n) is 5.71. The van der Waals surface area contributed by atoms with E-state index >= 15 is 0 Å². The van der Waals surface area contributed by atoms with E-state index in [-0.39, 0.29) is 5.91 Å². The molecule has 2 aromatic rings. The molecule has 1 saturated heterocycles. The topological polar surface area (TPSA) is 58.4 Å². The Bertz CT molecular complexity index is 648. The molecule has 22 heavy (non-hydrogen) atoms. The third-order valence-corrected chi connectivity index (χ3v) is 4.11. The van der Waals surface area contributed by atoms with E-state index in [1.807, 2.05) is 48.3 Å². The van der Waals surface area contributed by atoms with Crippen molar-refractivity contribution >= 4 is 5.91 Å². The van der Waals surface area contributed by atoms with Gasteiger partial charge in [0.2, 0.25) is 0 Å². The highest BCUT2D eigenvalue weighted by atomic mass is 16.3. The number of carbonyl (C=O) groups excluding carboxylic acids is 1. The first-order valence-corrected chi connectivity index (χ1v) is 7.77. The average Bonchev–Trinajstić information content (AvgIpc) is 3.03. The van der Waals surface area contributed by atoms with Crippen LogP contribution in [0.15, 0.2) is 36.7 Å². The number of amides is 1. The van der Waals surface area contributed by atoms with Crippen LogP contribution in [0.4, 0.5) is 0 Å². The van der Waals surface area contributed by atoms with Crippen molar-refractivity contribution in [2.45, 2.75) is 32.4 Å². The molecule has 1 aromatic carbocycles. The molecular weight excluding hydrogens is 278 g/mol. The van der Waals surface area contributed by atoms with Gasteiger partial charge >= 0.3 is 0 Å². The fourth-order valence-corrected chi connectivity index (χ4v) is 2.81. The lowest BCUT2D eigenvalue weighted by molar-refractivity contribution is 0.0474. The van der Waals surface area contributed by atoms with Crippen molar-refractivity contribution in [3.05, 3.63) is 42.2 Å². The monoisotopic (exact) mass is 299 g/mol. The average molecular weight is 299 g/mol. The summed E-state index contributed by atoms with van der Waals surface area (Å²) in [6.07, 6.45) is 5.08. The van der Waals surface area contributed by atoms with Crippen LogP contribution in [0.25, 0.3) is 11.1 Å². The molecule has 1 atom stereocenters. The summed E-state index contributed by atoms with van der Waals surface area (Å²) >= 11 is 0. The van der Waals surface area contributed by atoms with Crippen LogP contribution >= 0.6 is 0 Å². The molecule has 1 N–H and O–H groups in total. The lowest BCUT2D eigenvalue weighted by Crippen LogP contribution is -2.42. The Balaban J connectivity index is 1.74. The van der Waals surface area contributed by atoms with Gasteiger partial charge in [0.15, 0.2) is 0 Å². The van der Waals surface area contributed by atoms with Crippen molar-refractivity contribution in [3.63, 3.8) is 0 Å². The van der Waals surface area contributed by atoms with Crippen LogP contribution in [0, 0.1) is 0 Å². The molecule has 0 unspecified atom stereocenters. The van der Waals surface area contributed by atoms with Crippen LogP contribution in [-0.4, -0.2) is 44.9 Å². The zero-order chi connectivity index (χ0) is 15.5. The van der Waals surface area contributed by atoms with E-state index in [0.29, 0.717) is 12.1 Å². The van der Waals surface area contributed by atoms with Gasteiger partial charge in [0.1, 0.15) is 0 Å². The van der Waals surface area contributed by atoms with Crippen LogP contribution in [-0.2, 0) is 6.54 Å². The molecule has 0 aliphatic carbocycles. The van der Waals surface area contributed by atoms with Gasteiger partial charge in [-0.3, -0.25) is 9.48 Å². The standard InChI is InChI=1S/C17H21N3O2/c1-2-20-11-15(10-18-20)13-5-7-14(8-6-13)17(22)19-9-3-4-16(21)12-19/h5-8,10-11,16,21H,2-4,9,12H2,1H3/t16-/m0/s1. The molecule has 116 valence electrons. The van der Waals surface area contributed by atoms with Crippen LogP contribution < -0.4 is 0 Å². The van der Waals surface area contributed by atoms with E-state index < -0.39 is 6.10 Å².